The van der Waals surface area contributed by atoms with E-state index in [0.717, 1.165) is 5.56 Å². The summed E-state index contributed by atoms with van der Waals surface area (Å²) >= 11 is 1.18. The van der Waals surface area contributed by atoms with Crippen LogP contribution in [0, 0.1) is 6.92 Å². The fourth-order valence-electron chi connectivity index (χ4n) is 3.41. The van der Waals surface area contributed by atoms with Crippen molar-refractivity contribution in [2.24, 2.45) is 0 Å². The van der Waals surface area contributed by atoms with E-state index in [0.29, 0.717) is 48.4 Å². The minimum atomic E-state index is -0.420. The summed E-state index contributed by atoms with van der Waals surface area (Å²) in [7, 11) is 0. The molecule has 0 atom stereocenters. The minimum Gasteiger partial charge on any atom is -0.462 e. The molecule has 31 heavy (non-hydrogen) atoms. The van der Waals surface area contributed by atoms with Crippen LogP contribution >= 0.6 is 11.3 Å². The summed E-state index contributed by atoms with van der Waals surface area (Å²) in [5.41, 5.74) is 1.53. The largest absolute Gasteiger partial charge is 0.462 e. The van der Waals surface area contributed by atoms with E-state index >= 15 is 0 Å². The quantitative estimate of drug-likeness (QED) is 0.610. The molecule has 1 aliphatic heterocycles. The number of esters is 1. The Balaban J connectivity index is 1.78. The molecule has 0 spiro atoms. The number of thiazole rings is 1. The van der Waals surface area contributed by atoms with Gasteiger partial charge in [-0.15, -0.1) is 0 Å². The van der Waals surface area contributed by atoms with Crippen molar-refractivity contribution in [2.45, 2.75) is 27.3 Å². The Bertz CT molecular complexity index is 923. The van der Waals surface area contributed by atoms with Gasteiger partial charge in [-0.3, -0.25) is 19.4 Å². The molecule has 1 saturated heterocycles. The van der Waals surface area contributed by atoms with Crippen LogP contribution in [-0.2, 0) is 20.9 Å². The lowest BCUT2D eigenvalue weighted by Gasteiger charge is -2.34. The molecule has 166 valence electrons. The van der Waals surface area contributed by atoms with Crippen LogP contribution in [-0.4, -0.2) is 71.9 Å². The molecule has 1 fully saturated rings. The molecule has 0 unspecified atom stereocenters. The van der Waals surface area contributed by atoms with Gasteiger partial charge in [-0.1, -0.05) is 41.7 Å². The van der Waals surface area contributed by atoms with Crippen molar-refractivity contribution in [2.75, 3.05) is 44.2 Å². The Morgan fingerprint density at radius 1 is 1.13 bits per heavy atom. The van der Waals surface area contributed by atoms with E-state index in [1.165, 1.54) is 11.3 Å². The van der Waals surface area contributed by atoms with Crippen molar-refractivity contribution < 1.29 is 19.1 Å². The van der Waals surface area contributed by atoms with Crippen LogP contribution < -0.4 is 4.90 Å². The monoisotopic (exact) mass is 444 g/mol. The molecule has 0 N–H and O–H groups in total. The third-order valence-electron chi connectivity index (χ3n) is 5.14. The van der Waals surface area contributed by atoms with Gasteiger partial charge in [0.05, 0.1) is 25.4 Å². The van der Waals surface area contributed by atoms with E-state index in [4.69, 9.17) is 4.74 Å². The number of hydrogen-bond acceptors (Lipinski definition) is 7. The predicted molar refractivity (Wildman–Crippen MR) is 119 cm³/mol. The number of piperazine rings is 1. The first-order valence-corrected chi connectivity index (χ1v) is 11.2. The highest BCUT2D eigenvalue weighted by molar-refractivity contribution is 7.17. The van der Waals surface area contributed by atoms with E-state index in [9.17, 15) is 14.4 Å². The average Bonchev–Trinajstić information content (AvgIpc) is 3.14. The standard InChI is InChI=1S/C22H28N4O4S/c1-4-30-21(29)20-16(2)23-22(31-20)26(14-18-8-6-5-7-9-18)19(28)15-24-10-12-25(13-11-24)17(3)27/h5-9H,4,10-15H2,1-3H3. The van der Waals surface area contributed by atoms with Crippen LogP contribution in [0.1, 0.15) is 34.8 Å². The molecule has 2 aromatic rings. The highest BCUT2D eigenvalue weighted by atomic mass is 32.1. The van der Waals surface area contributed by atoms with Crippen molar-refractivity contribution in [1.82, 2.24) is 14.8 Å². The number of aryl methyl sites for hydroxylation is 1. The number of carbonyl (C=O) groups is 3. The van der Waals surface area contributed by atoms with E-state index in [1.807, 2.05) is 35.2 Å². The average molecular weight is 445 g/mol. The van der Waals surface area contributed by atoms with E-state index < -0.39 is 5.97 Å². The number of ether oxygens (including phenoxy) is 1. The summed E-state index contributed by atoms with van der Waals surface area (Å²) in [6.45, 7) is 8.47. The first kappa shape index (κ1) is 22.9. The molecule has 0 saturated carbocycles. The molecule has 0 bridgehead atoms. The van der Waals surface area contributed by atoms with Gasteiger partial charge in [0.1, 0.15) is 4.88 Å². The number of nitrogens with zero attached hydrogens (tertiary/aromatic N) is 4. The second kappa shape index (κ2) is 10.5. The van der Waals surface area contributed by atoms with Crippen molar-refractivity contribution >= 4 is 34.3 Å². The molecule has 1 aliphatic rings. The first-order chi connectivity index (χ1) is 14.9. The van der Waals surface area contributed by atoms with Gasteiger partial charge in [-0.2, -0.15) is 0 Å². The Kier molecular flexibility index (Phi) is 7.75. The zero-order valence-electron chi connectivity index (χ0n) is 18.2. The fourth-order valence-corrected chi connectivity index (χ4v) is 4.39. The molecule has 9 heteroatoms. The molecule has 2 amide bonds. The molecule has 2 heterocycles. The number of hydrogen-bond donors (Lipinski definition) is 0. The molecular formula is C22H28N4O4S. The van der Waals surface area contributed by atoms with Gasteiger partial charge >= 0.3 is 5.97 Å². The minimum absolute atomic E-state index is 0.0569. The first-order valence-electron chi connectivity index (χ1n) is 10.4. The normalized spacial score (nSPS) is 14.4. The summed E-state index contributed by atoms with van der Waals surface area (Å²) in [5.74, 6) is -0.457. The second-order valence-electron chi connectivity index (χ2n) is 7.38. The number of rotatable bonds is 7. The molecule has 0 aliphatic carbocycles. The van der Waals surface area contributed by atoms with E-state index in [-0.39, 0.29) is 25.0 Å². The zero-order valence-corrected chi connectivity index (χ0v) is 19.0. The van der Waals surface area contributed by atoms with Gasteiger partial charge in [-0.05, 0) is 19.4 Å². The Morgan fingerprint density at radius 2 is 1.81 bits per heavy atom. The number of benzene rings is 1. The Hall–Kier alpha value is -2.78. The molecule has 8 nitrogen and oxygen atoms in total. The highest BCUT2D eigenvalue weighted by Gasteiger charge is 2.27. The lowest BCUT2D eigenvalue weighted by Crippen LogP contribution is -2.51. The summed E-state index contributed by atoms with van der Waals surface area (Å²) in [6, 6.07) is 9.69. The topological polar surface area (TPSA) is 83.0 Å². The van der Waals surface area contributed by atoms with Crippen LogP contribution in [0.2, 0.25) is 0 Å². The molecule has 0 radical (unpaired) electrons. The third-order valence-corrected chi connectivity index (χ3v) is 6.30. The number of amides is 2. The zero-order chi connectivity index (χ0) is 22.4. The van der Waals surface area contributed by atoms with E-state index in [1.54, 1.807) is 30.6 Å². The van der Waals surface area contributed by atoms with Gasteiger partial charge in [0.15, 0.2) is 5.13 Å². The Morgan fingerprint density at radius 3 is 2.42 bits per heavy atom. The highest BCUT2D eigenvalue weighted by Crippen LogP contribution is 2.28. The van der Waals surface area contributed by atoms with Gasteiger partial charge in [-0.25, -0.2) is 9.78 Å². The maximum absolute atomic E-state index is 13.3. The van der Waals surface area contributed by atoms with Crippen LogP contribution in [0.5, 0.6) is 0 Å². The summed E-state index contributed by atoms with van der Waals surface area (Å²) in [5, 5.41) is 0.483. The number of aromatic nitrogens is 1. The molecule has 3 rings (SSSR count). The van der Waals surface area contributed by atoms with Gasteiger partial charge in [0, 0.05) is 33.1 Å². The lowest BCUT2D eigenvalue weighted by atomic mass is 10.2. The van der Waals surface area contributed by atoms with Gasteiger partial charge in [0.25, 0.3) is 0 Å². The van der Waals surface area contributed by atoms with Gasteiger partial charge in [0.2, 0.25) is 11.8 Å². The summed E-state index contributed by atoms with van der Waals surface area (Å²) in [4.78, 5) is 47.5. The number of carbonyl (C=O) groups excluding carboxylic acids is 3. The fraction of sp³-hybridized carbons (Fsp3) is 0.455. The Labute approximate surface area is 186 Å². The van der Waals surface area contributed by atoms with Crippen LogP contribution in [0.4, 0.5) is 5.13 Å². The van der Waals surface area contributed by atoms with Crippen molar-refractivity contribution in [1.29, 1.82) is 0 Å². The second-order valence-corrected chi connectivity index (χ2v) is 8.36. The van der Waals surface area contributed by atoms with Gasteiger partial charge < -0.3 is 9.64 Å². The summed E-state index contributed by atoms with van der Waals surface area (Å²) in [6.07, 6.45) is 0. The van der Waals surface area contributed by atoms with Crippen LogP contribution in [0.3, 0.4) is 0 Å². The third kappa shape index (κ3) is 5.89. The van der Waals surface area contributed by atoms with Crippen molar-refractivity contribution in [3.05, 3.63) is 46.5 Å². The van der Waals surface area contributed by atoms with Crippen molar-refractivity contribution in [3.63, 3.8) is 0 Å². The SMILES string of the molecule is CCOC(=O)c1sc(N(Cc2ccccc2)C(=O)CN2CCN(C(C)=O)CC2)nc1C. The lowest BCUT2D eigenvalue weighted by molar-refractivity contribution is -0.130. The predicted octanol–water partition coefficient (Wildman–Crippen LogP) is 2.33. The molecule has 1 aromatic heterocycles. The maximum Gasteiger partial charge on any atom is 0.350 e. The molecule has 1 aromatic carbocycles. The summed E-state index contributed by atoms with van der Waals surface area (Å²) < 4.78 is 5.12. The van der Waals surface area contributed by atoms with Crippen molar-refractivity contribution in [3.8, 4) is 0 Å². The maximum atomic E-state index is 13.3. The number of anilines is 1. The molecular weight excluding hydrogens is 416 g/mol. The van der Waals surface area contributed by atoms with E-state index in [2.05, 4.69) is 4.98 Å². The smallest absolute Gasteiger partial charge is 0.350 e. The van der Waals surface area contributed by atoms with Crippen LogP contribution in [0.15, 0.2) is 30.3 Å². The van der Waals surface area contributed by atoms with Crippen LogP contribution in [0.25, 0.3) is 0 Å².